The maximum atomic E-state index is 13.2. The first-order chi connectivity index (χ1) is 5.54. The molecule has 0 unspecified atom stereocenters. The Morgan fingerprint density at radius 3 is 2.42 bits per heavy atom. The van der Waals surface area contributed by atoms with Gasteiger partial charge in [-0.25, -0.2) is 8.78 Å². The van der Waals surface area contributed by atoms with Gasteiger partial charge in [-0.05, 0) is 40.6 Å². The molecule has 0 bridgehead atoms. The molecule has 1 aromatic carbocycles. The van der Waals surface area contributed by atoms with Crippen molar-refractivity contribution in [1.82, 2.24) is 0 Å². The van der Waals surface area contributed by atoms with E-state index in [9.17, 15) is 8.78 Å². The lowest BCUT2D eigenvalue weighted by atomic mass is 10.1. The molecule has 0 heterocycles. The fourth-order valence-electron chi connectivity index (χ4n) is 0.918. The zero-order valence-electron chi connectivity index (χ0n) is 6.50. The lowest BCUT2D eigenvalue weighted by Crippen LogP contribution is -1.92. The van der Waals surface area contributed by atoms with E-state index in [0.29, 0.717) is 5.57 Å². The number of hydrogen-bond acceptors (Lipinski definition) is 0. The molecule has 0 aliphatic rings. The summed E-state index contributed by atoms with van der Waals surface area (Å²) >= 11 is 2.97. The van der Waals surface area contributed by atoms with E-state index in [1.165, 1.54) is 12.1 Å². The lowest BCUT2D eigenvalue weighted by Gasteiger charge is -2.04. The highest BCUT2D eigenvalue weighted by Crippen LogP contribution is 2.25. The fourth-order valence-corrected chi connectivity index (χ4v) is 1.25. The average Bonchev–Trinajstić information content (AvgIpc) is 1.97. The van der Waals surface area contributed by atoms with Crippen molar-refractivity contribution in [3.8, 4) is 0 Å². The smallest absolute Gasteiger partial charge is 0.147 e. The summed E-state index contributed by atoms with van der Waals surface area (Å²) in [5.41, 5.74) is 0.329. The van der Waals surface area contributed by atoms with E-state index in [1.54, 1.807) is 6.92 Å². The topological polar surface area (TPSA) is 0 Å². The first-order valence-electron chi connectivity index (χ1n) is 3.33. The van der Waals surface area contributed by atoms with E-state index in [0.717, 1.165) is 0 Å². The Morgan fingerprint density at radius 2 is 2.00 bits per heavy atom. The Bertz CT molecular complexity index is 332. The molecule has 0 amide bonds. The Balaban J connectivity index is 3.43. The van der Waals surface area contributed by atoms with Gasteiger partial charge in [-0.1, -0.05) is 6.58 Å². The Morgan fingerprint density at radius 1 is 1.42 bits per heavy atom. The summed E-state index contributed by atoms with van der Waals surface area (Å²) in [4.78, 5) is 0. The van der Waals surface area contributed by atoms with Gasteiger partial charge < -0.3 is 0 Å². The van der Waals surface area contributed by atoms with Crippen LogP contribution < -0.4 is 0 Å². The summed E-state index contributed by atoms with van der Waals surface area (Å²) in [6.07, 6.45) is 0. The van der Waals surface area contributed by atoms with E-state index < -0.39 is 11.6 Å². The summed E-state index contributed by atoms with van der Waals surface area (Å²) in [7, 11) is 0. The van der Waals surface area contributed by atoms with Gasteiger partial charge in [0, 0.05) is 5.56 Å². The largest absolute Gasteiger partial charge is 0.206 e. The van der Waals surface area contributed by atoms with E-state index in [1.807, 2.05) is 0 Å². The van der Waals surface area contributed by atoms with Crippen LogP contribution in [0.1, 0.15) is 12.5 Å². The van der Waals surface area contributed by atoms with Crippen LogP contribution in [0.3, 0.4) is 0 Å². The molecular formula is C9H7BrF2. The second kappa shape index (κ2) is 3.35. The molecule has 3 heteroatoms. The number of halogens is 3. The molecule has 0 aliphatic carbocycles. The number of hydrogen-bond donors (Lipinski definition) is 0. The maximum absolute atomic E-state index is 13.2. The fraction of sp³-hybridized carbons (Fsp3) is 0.111. The van der Waals surface area contributed by atoms with Gasteiger partial charge >= 0.3 is 0 Å². The molecule has 1 rings (SSSR count). The lowest BCUT2D eigenvalue weighted by molar-refractivity contribution is 0.572. The molecule has 64 valence electrons. The molecule has 0 atom stereocenters. The van der Waals surface area contributed by atoms with E-state index in [4.69, 9.17) is 0 Å². The standard InChI is InChI=1S/C9H7BrF2/c1-5(2)8-7(11)4-3-6(10)9(8)12/h3-4H,1H2,2H3. The second-order valence-electron chi connectivity index (χ2n) is 2.50. The van der Waals surface area contributed by atoms with Gasteiger partial charge in [0.2, 0.25) is 0 Å². The monoisotopic (exact) mass is 232 g/mol. The van der Waals surface area contributed by atoms with Gasteiger partial charge in [0.25, 0.3) is 0 Å². The molecule has 0 nitrogen and oxygen atoms in total. The molecule has 12 heavy (non-hydrogen) atoms. The second-order valence-corrected chi connectivity index (χ2v) is 3.35. The van der Waals surface area contributed by atoms with Crippen molar-refractivity contribution in [2.75, 3.05) is 0 Å². The van der Waals surface area contributed by atoms with Crippen molar-refractivity contribution < 1.29 is 8.78 Å². The minimum Gasteiger partial charge on any atom is -0.206 e. The van der Waals surface area contributed by atoms with Crippen molar-refractivity contribution >= 4 is 21.5 Å². The van der Waals surface area contributed by atoms with Crippen molar-refractivity contribution in [3.05, 3.63) is 40.4 Å². The first kappa shape index (κ1) is 9.39. The summed E-state index contributed by atoms with van der Waals surface area (Å²) in [5, 5.41) is 0. The SMILES string of the molecule is C=C(C)c1c(F)ccc(Br)c1F. The minimum absolute atomic E-state index is 0.0515. The summed E-state index contributed by atoms with van der Waals surface area (Å²) in [5.74, 6) is -1.18. The van der Waals surface area contributed by atoms with Crippen LogP contribution in [0, 0.1) is 11.6 Å². The molecular weight excluding hydrogens is 226 g/mol. The summed E-state index contributed by atoms with van der Waals surface area (Å²) in [6.45, 7) is 5.05. The van der Waals surface area contributed by atoms with Gasteiger partial charge in [0.05, 0.1) is 4.47 Å². The highest BCUT2D eigenvalue weighted by atomic mass is 79.9. The molecule has 0 N–H and O–H groups in total. The normalized spacial score (nSPS) is 10.0. The van der Waals surface area contributed by atoms with E-state index >= 15 is 0 Å². The van der Waals surface area contributed by atoms with Crippen LogP contribution in [0.2, 0.25) is 0 Å². The van der Waals surface area contributed by atoms with E-state index in [-0.39, 0.29) is 10.0 Å². The van der Waals surface area contributed by atoms with Crippen molar-refractivity contribution in [2.45, 2.75) is 6.92 Å². The Kier molecular flexibility index (Phi) is 2.62. The van der Waals surface area contributed by atoms with Gasteiger partial charge in [-0.3, -0.25) is 0 Å². The van der Waals surface area contributed by atoms with Crippen LogP contribution >= 0.6 is 15.9 Å². The third-order valence-corrected chi connectivity index (χ3v) is 2.08. The Labute approximate surface area is 78.0 Å². The van der Waals surface area contributed by atoms with Gasteiger partial charge in [-0.15, -0.1) is 0 Å². The van der Waals surface area contributed by atoms with Crippen molar-refractivity contribution in [1.29, 1.82) is 0 Å². The third kappa shape index (κ3) is 1.55. The number of allylic oxidation sites excluding steroid dienone is 1. The van der Waals surface area contributed by atoms with Crippen LogP contribution in [0.5, 0.6) is 0 Å². The molecule has 0 aliphatic heterocycles. The molecule has 0 saturated carbocycles. The highest BCUT2D eigenvalue weighted by molar-refractivity contribution is 9.10. The number of rotatable bonds is 1. The highest BCUT2D eigenvalue weighted by Gasteiger charge is 2.11. The predicted octanol–water partition coefficient (Wildman–Crippen LogP) is 3.76. The number of benzene rings is 1. The third-order valence-electron chi connectivity index (χ3n) is 1.47. The maximum Gasteiger partial charge on any atom is 0.147 e. The molecule has 1 aromatic rings. The zero-order valence-corrected chi connectivity index (χ0v) is 8.08. The van der Waals surface area contributed by atoms with Gasteiger partial charge in [0.1, 0.15) is 11.6 Å². The van der Waals surface area contributed by atoms with Crippen molar-refractivity contribution in [2.24, 2.45) is 0 Å². The Hall–Kier alpha value is -0.700. The molecule has 0 spiro atoms. The molecule has 0 aromatic heterocycles. The van der Waals surface area contributed by atoms with Crippen LogP contribution in [-0.2, 0) is 0 Å². The molecule has 0 radical (unpaired) electrons. The minimum atomic E-state index is -0.595. The van der Waals surface area contributed by atoms with E-state index in [2.05, 4.69) is 22.5 Å². The van der Waals surface area contributed by atoms with Gasteiger partial charge in [-0.2, -0.15) is 0 Å². The molecule has 0 fully saturated rings. The summed E-state index contributed by atoms with van der Waals surface area (Å²) in [6, 6.07) is 2.54. The van der Waals surface area contributed by atoms with Crippen LogP contribution in [0.25, 0.3) is 5.57 Å². The average molecular weight is 233 g/mol. The van der Waals surface area contributed by atoms with Crippen LogP contribution in [0.4, 0.5) is 8.78 Å². The predicted molar refractivity (Wildman–Crippen MR) is 48.8 cm³/mol. The first-order valence-corrected chi connectivity index (χ1v) is 4.12. The van der Waals surface area contributed by atoms with Gasteiger partial charge in [0.15, 0.2) is 0 Å². The summed E-state index contributed by atoms with van der Waals surface area (Å²) < 4.78 is 26.4. The van der Waals surface area contributed by atoms with Crippen molar-refractivity contribution in [3.63, 3.8) is 0 Å². The van der Waals surface area contributed by atoms with Crippen LogP contribution in [0.15, 0.2) is 23.2 Å². The quantitative estimate of drug-likeness (QED) is 0.648. The molecule has 0 saturated heterocycles. The zero-order chi connectivity index (χ0) is 9.30. The van der Waals surface area contributed by atoms with Crippen LogP contribution in [-0.4, -0.2) is 0 Å².